The van der Waals surface area contributed by atoms with Crippen LogP contribution >= 0.6 is 11.8 Å². The molecule has 0 radical (unpaired) electrons. The molecule has 2 aliphatic heterocycles. The van der Waals surface area contributed by atoms with Gasteiger partial charge in [0.2, 0.25) is 0 Å². The zero-order valence-electron chi connectivity index (χ0n) is 29.3. The van der Waals surface area contributed by atoms with Gasteiger partial charge in [0.05, 0.1) is 5.69 Å². The summed E-state index contributed by atoms with van der Waals surface area (Å²) in [5.41, 5.74) is 11.0. The maximum absolute atomic E-state index is 5.04. The Morgan fingerprint density at radius 1 is 0.585 bits per heavy atom. The van der Waals surface area contributed by atoms with Crippen LogP contribution < -0.4 is 14.7 Å². The minimum Gasteiger partial charge on any atom is -0.500 e. The van der Waals surface area contributed by atoms with E-state index in [2.05, 4.69) is 205 Å². The Bertz CT molecular complexity index is 2430. The normalized spacial score (nSPS) is 13.1. The average molecular weight is 794 g/mol. The molecular weight excluding hydrogens is 759 g/mol. The van der Waals surface area contributed by atoms with Gasteiger partial charge >= 0.3 is 0 Å². The van der Waals surface area contributed by atoms with Gasteiger partial charge in [-0.25, -0.2) is 4.98 Å². The van der Waals surface area contributed by atoms with E-state index >= 15 is 0 Å². The van der Waals surface area contributed by atoms with E-state index in [0.717, 1.165) is 49.5 Å². The molecule has 1 aromatic heterocycles. The molecule has 53 heavy (non-hydrogen) atoms. The first-order valence-corrected chi connectivity index (χ1v) is 18.3. The summed E-state index contributed by atoms with van der Waals surface area (Å²) in [6, 6.07) is 61.0. The van der Waals surface area contributed by atoms with Crippen LogP contribution in [0, 0.1) is 18.8 Å². The van der Waals surface area contributed by atoms with Gasteiger partial charge in [0, 0.05) is 43.3 Å². The van der Waals surface area contributed by atoms with Crippen molar-refractivity contribution < 1.29 is 20.4 Å². The van der Waals surface area contributed by atoms with Crippen molar-refractivity contribution in [2.24, 2.45) is 0 Å². The number of anilines is 5. The minimum atomic E-state index is -0.224. The van der Waals surface area contributed by atoms with Gasteiger partial charge in [0.25, 0.3) is 0 Å². The molecule has 262 valence electrons. The van der Waals surface area contributed by atoms with E-state index in [1.54, 1.807) is 11.8 Å². The Morgan fingerprint density at radius 2 is 1.25 bits per heavy atom. The molecule has 0 unspecified atom stereocenters. The van der Waals surface area contributed by atoms with Crippen molar-refractivity contribution in [2.45, 2.75) is 29.1 Å². The SMILES string of the molecule is CC(C)(c1ccccc1)c1ccnc(N2c3[c-]c(Sc4[c-]c(N5C=CN(c6ccccc6)[CH-]5)ccc4)ccc3-c3ccccc3-c3ccccc32)c1.[Pd]. The van der Waals surface area contributed by atoms with Gasteiger partial charge in [-0.15, -0.1) is 51.6 Å². The largest absolute Gasteiger partial charge is 0.500 e. The monoisotopic (exact) mass is 793 g/mol. The number of pyridine rings is 1. The molecule has 0 fully saturated rings. The number of hydrogen-bond donors (Lipinski definition) is 0. The Labute approximate surface area is 330 Å². The fourth-order valence-corrected chi connectivity index (χ4v) is 7.91. The van der Waals surface area contributed by atoms with Crippen LogP contribution in [0.5, 0.6) is 0 Å². The Balaban J connectivity index is 0.00000400. The standard InChI is InChI=1S/C47H35N4S.Pd/c1-47(2,34-14-5-3-6-15-34)35-26-27-48-46(30-35)51-44-23-12-11-22-42(44)40-20-9-10-21-41(40)43-25-24-39(32-45(43)51)52-38-19-13-18-37(31-38)50-29-28-49(33-50)36-16-7-4-8-17-36;/h3-30,33H,1-2H3;/q-3;. The smallest absolute Gasteiger partial charge is 0.135 e. The Hall–Kier alpha value is -5.38. The summed E-state index contributed by atoms with van der Waals surface area (Å²) < 4.78 is 0. The Kier molecular flexibility index (Phi) is 9.53. The van der Waals surface area contributed by atoms with Crippen molar-refractivity contribution in [3.8, 4) is 22.3 Å². The van der Waals surface area contributed by atoms with E-state index in [-0.39, 0.29) is 25.8 Å². The van der Waals surface area contributed by atoms with Crippen LogP contribution in [0.15, 0.2) is 180 Å². The first-order chi connectivity index (χ1) is 25.5. The molecule has 0 bridgehead atoms. The van der Waals surface area contributed by atoms with E-state index in [4.69, 9.17) is 4.98 Å². The summed E-state index contributed by atoms with van der Waals surface area (Å²) in [5, 5.41) is 0. The molecular formula is C47H35N4PdS-3. The summed E-state index contributed by atoms with van der Waals surface area (Å²) in [5.74, 6) is 0.856. The summed E-state index contributed by atoms with van der Waals surface area (Å²) in [6.07, 6.45) is 6.07. The van der Waals surface area contributed by atoms with Crippen LogP contribution in [0.4, 0.5) is 28.6 Å². The molecule has 0 amide bonds. The van der Waals surface area contributed by atoms with Crippen molar-refractivity contribution in [3.63, 3.8) is 0 Å². The van der Waals surface area contributed by atoms with Crippen LogP contribution in [-0.4, -0.2) is 4.98 Å². The molecule has 0 N–H and O–H groups in total. The summed E-state index contributed by atoms with van der Waals surface area (Å²) in [7, 11) is 0. The van der Waals surface area contributed by atoms with E-state index in [0.29, 0.717) is 0 Å². The molecule has 9 rings (SSSR count). The second-order valence-corrected chi connectivity index (χ2v) is 14.5. The van der Waals surface area contributed by atoms with Crippen LogP contribution in [-0.2, 0) is 25.8 Å². The van der Waals surface area contributed by atoms with E-state index in [1.807, 2.05) is 12.3 Å². The summed E-state index contributed by atoms with van der Waals surface area (Å²) in [4.78, 5) is 13.6. The number of hydrogen-bond acceptors (Lipinski definition) is 5. The van der Waals surface area contributed by atoms with Crippen molar-refractivity contribution in [2.75, 3.05) is 14.7 Å². The minimum absolute atomic E-state index is 0. The Morgan fingerprint density at radius 3 is 2.04 bits per heavy atom. The maximum Gasteiger partial charge on any atom is 0.135 e. The molecule has 4 nitrogen and oxygen atoms in total. The predicted molar refractivity (Wildman–Crippen MR) is 215 cm³/mol. The van der Waals surface area contributed by atoms with Crippen molar-refractivity contribution in [3.05, 3.63) is 200 Å². The average Bonchev–Trinajstić information content (AvgIpc) is 3.66. The third-order valence-corrected chi connectivity index (χ3v) is 10.8. The molecule has 0 spiro atoms. The number of benzene rings is 6. The molecule has 0 atom stereocenters. The third-order valence-electron chi connectivity index (χ3n) is 9.91. The number of aromatic nitrogens is 1. The van der Waals surface area contributed by atoms with E-state index in [1.165, 1.54) is 22.3 Å². The van der Waals surface area contributed by atoms with Gasteiger partial charge in [-0.05, 0) is 59.4 Å². The predicted octanol–water partition coefficient (Wildman–Crippen LogP) is 12.2. The van der Waals surface area contributed by atoms with E-state index in [9.17, 15) is 0 Å². The van der Waals surface area contributed by atoms with Gasteiger partial charge in [0.1, 0.15) is 5.82 Å². The fourth-order valence-electron chi connectivity index (χ4n) is 7.09. The van der Waals surface area contributed by atoms with Crippen molar-refractivity contribution >= 4 is 40.3 Å². The maximum atomic E-state index is 5.04. The van der Waals surface area contributed by atoms with Gasteiger partial charge < -0.3 is 14.7 Å². The van der Waals surface area contributed by atoms with Crippen LogP contribution in [0.1, 0.15) is 25.0 Å². The first kappa shape index (κ1) is 34.7. The first-order valence-electron chi connectivity index (χ1n) is 17.5. The van der Waals surface area contributed by atoms with Crippen molar-refractivity contribution in [1.29, 1.82) is 0 Å². The molecule has 2 aliphatic rings. The fraction of sp³-hybridized carbons (Fsp3) is 0.0638. The topological polar surface area (TPSA) is 22.6 Å². The molecule has 6 heteroatoms. The van der Waals surface area contributed by atoms with Gasteiger partial charge in [0.15, 0.2) is 0 Å². The zero-order valence-corrected chi connectivity index (χ0v) is 31.6. The van der Waals surface area contributed by atoms with Gasteiger partial charge in [-0.3, -0.25) is 0 Å². The second kappa shape index (κ2) is 14.6. The number of fused-ring (bicyclic) bond motifs is 5. The summed E-state index contributed by atoms with van der Waals surface area (Å²) >= 11 is 1.67. The second-order valence-electron chi connectivity index (χ2n) is 13.4. The number of rotatable bonds is 7. The molecule has 0 aliphatic carbocycles. The molecule has 6 aromatic carbocycles. The van der Waals surface area contributed by atoms with Crippen LogP contribution in [0.25, 0.3) is 22.3 Å². The molecule has 0 saturated carbocycles. The van der Waals surface area contributed by atoms with Crippen LogP contribution in [0.3, 0.4) is 0 Å². The molecule has 0 saturated heterocycles. The molecule has 3 heterocycles. The van der Waals surface area contributed by atoms with Crippen molar-refractivity contribution in [1.82, 2.24) is 4.98 Å². The van der Waals surface area contributed by atoms with E-state index < -0.39 is 0 Å². The zero-order chi connectivity index (χ0) is 35.1. The quantitative estimate of drug-likeness (QED) is 0.118. The van der Waals surface area contributed by atoms with Gasteiger partial charge in [-0.2, -0.15) is 30.3 Å². The summed E-state index contributed by atoms with van der Waals surface area (Å²) in [6.45, 7) is 6.64. The third kappa shape index (κ3) is 6.60. The number of nitrogens with zero attached hydrogens (tertiary/aromatic N) is 4. The van der Waals surface area contributed by atoms with Gasteiger partial charge in [-0.1, -0.05) is 116 Å². The molecule has 7 aromatic rings. The van der Waals surface area contributed by atoms with Crippen LogP contribution in [0.2, 0.25) is 0 Å². The number of para-hydroxylation sites is 2.